The molecule has 2 rings (SSSR count). The molecular weight excluding hydrogens is 298 g/mol. The highest BCUT2D eigenvalue weighted by Crippen LogP contribution is 2.25. The van der Waals surface area contributed by atoms with E-state index in [1.807, 2.05) is 43.3 Å². The predicted molar refractivity (Wildman–Crippen MR) is 91.5 cm³/mol. The van der Waals surface area contributed by atoms with Gasteiger partial charge >= 0.3 is 0 Å². The number of methoxy groups -OCH3 is 1. The number of rotatable bonds is 6. The second-order valence-corrected chi connectivity index (χ2v) is 5.11. The quantitative estimate of drug-likeness (QED) is 0.799. The van der Waals surface area contributed by atoms with Gasteiger partial charge in [-0.05, 0) is 43.4 Å². The summed E-state index contributed by atoms with van der Waals surface area (Å²) in [4.78, 5) is 3.96. The molecule has 1 aromatic heterocycles. The summed E-state index contributed by atoms with van der Waals surface area (Å²) < 4.78 is 11.0. The first-order chi connectivity index (χ1) is 10.7. The lowest BCUT2D eigenvalue weighted by molar-refractivity contribution is 0.270. The molecular formula is C16H19N3O2S. The number of nitrogens with zero attached hydrogens (tertiary/aromatic N) is 1. The van der Waals surface area contributed by atoms with Crippen molar-refractivity contribution in [2.75, 3.05) is 19.0 Å². The predicted octanol–water partition coefficient (Wildman–Crippen LogP) is 2.84. The number of para-hydroxylation sites is 2. The molecule has 2 aromatic rings. The van der Waals surface area contributed by atoms with Gasteiger partial charge in [-0.1, -0.05) is 12.1 Å². The zero-order valence-electron chi connectivity index (χ0n) is 12.6. The molecule has 5 nitrogen and oxygen atoms in total. The Morgan fingerprint density at radius 2 is 1.86 bits per heavy atom. The Kier molecular flexibility index (Phi) is 5.97. The standard InChI is InChI=1S/C16H19N3O2S/c1-12(11-21-15-6-4-3-5-14(15)20-2)18-16(22)19-13-7-9-17-10-8-13/h3-10,12H,11H2,1-2H3,(H2,17,18,19,22)/t12-/m1/s1. The minimum atomic E-state index is 0.0479. The Balaban J connectivity index is 1.80. The van der Waals surface area contributed by atoms with Crippen molar-refractivity contribution in [2.24, 2.45) is 0 Å². The third kappa shape index (κ3) is 4.89. The smallest absolute Gasteiger partial charge is 0.171 e. The number of pyridine rings is 1. The van der Waals surface area contributed by atoms with Crippen LogP contribution in [-0.2, 0) is 0 Å². The average Bonchev–Trinajstić information content (AvgIpc) is 2.54. The zero-order valence-corrected chi connectivity index (χ0v) is 13.4. The first kappa shape index (κ1) is 16.0. The van der Waals surface area contributed by atoms with Gasteiger partial charge in [-0.15, -0.1) is 0 Å². The highest BCUT2D eigenvalue weighted by molar-refractivity contribution is 7.80. The van der Waals surface area contributed by atoms with Crippen molar-refractivity contribution in [2.45, 2.75) is 13.0 Å². The fourth-order valence-corrected chi connectivity index (χ4v) is 2.14. The second-order valence-electron chi connectivity index (χ2n) is 4.70. The minimum Gasteiger partial charge on any atom is -0.493 e. The van der Waals surface area contributed by atoms with Crippen molar-refractivity contribution in [3.63, 3.8) is 0 Å². The van der Waals surface area contributed by atoms with Crippen molar-refractivity contribution in [1.82, 2.24) is 10.3 Å². The first-order valence-corrected chi connectivity index (χ1v) is 7.33. The largest absolute Gasteiger partial charge is 0.493 e. The van der Waals surface area contributed by atoms with Crippen molar-refractivity contribution < 1.29 is 9.47 Å². The molecule has 116 valence electrons. The van der Waals surface area contributed by atoms with Crippen molar-refractivity contribution in [3.05, 3.63) is 48.8 Å². The lowest BCUT2D eigenvalue weighted by Gasteiger charge is -2.18. The number of nitrogens with one attached hydrogen (secondary N) is 2. The molecule has 0 bridgehead atoms. The fraction of sp³-hybridized carbons (Fsp3) is 0.250. The van der Waals surface area contributed by atoms with E-state index >= 15 is 0 Å². The van der Waals surface area contributed by atoms with E-state index in [0.717, 1.165) is 5.69 Å². The van der Waals surface area contributed by atoms with E-state index in [4.69, 9.17) is 21.7 Å². The normalized spacial score (nSPS) is 11.4. The molecule has 0 radical (unpaired) electrons. The molecule has 22 heavy (non-hydrogen) atoms. The van der Waals surface area contributed by atoms with E-state index in [2.05, 4.69) is 15.6 Å². The summed E-state index contributed by atoms with van der Waals surface area (Å²) in [6.45, 7) is 2.47. The number of aromatic nitrogens is 1. The lowest BCUT2D eigenvalue weighted by atomic mass is 10.3. The van der Waals surface area contributed by atoms with Gasteiger partial charge in [0.1, 0.15) is 6.61 Å². The van der Waals surface area contributed by atoms with E-state index in [9.17, 15) is 0 Å². The van der Waals surface area contributed by atoms with Crippen LogP contribution in [0.3, 0.4) is 0 Å². The van der Waals surface area contributed by atoms with Crippen LogP contribution in [0.1, 0.15) is 6.92 Å². The van der Waals surface area contributed by atoms with Gasteiger partial charge in [0.25, 0.3) is 0 Å². The monoisotopic (exact) mass is 317 g/mol. The average molecular weight is 317 g/mol. The summed E-state index contributed by atoms with van der Waals surface area (Å²) in [5.74, 6) is 1.43. The highest BCUT2D eigenvalue weighted by atomic mass is 32.1. The molecule has 0 amide bonds. The molecule has 6 heteroatoms. The molecule has 0 aliphatic rings. The molecule has 0 aliphatic heterocycles. The van der Waals surface area contributed by atoms with Crippen LogP contribution in [0.25, 0.3) is 0 Å². The minimum absolute atomic E-state index is 0.0479. The molecule has 0 saturated heterocycles. The van der Waals surface area contributed by atoms with Crippen LogP contribution in [0, 0.1) is 0 Å². The summed E-state index contributed by atoms with van der Waals surface area (Å²) in [6.07, 6.45) is 3.42. The van der Waals surface area contributed by atoms with Gasteiger partial charge in [0, 0.05) is 18.1 Å². The van der Waals surface area contributed by atoms with Gasteiger partial charge in [-0.2, -0.15) is 0 Å². The van der Waals surface area contributed by atoms with Crippen molar-refractivity contribution in [1.29, 1.82) is 0 Å². The number of hydrogen-bond acceptors (Lipinski definition) is 4. The van der Waals surface area contributed by atoms with Gasteiger partial charge < -0.3 is 20.1 Å². The van der Waals surface area contributed by atoms with Crippen LogP contribution in [0.15, 0.2) is 48.8 Å². The van der Waals surface area contributed by atoms with E-state index in [0.29, 0.717) is 23.2 Å². The van der Waals surface area contributed by atoms with Crippen LogP contribution in [0.5, 0.6) is 11.5 Å². The van der Waals surface area contributed by atoms with Gasteiger partial charge in [0.05, 0.1) is 13.2 Å². The number of benzene rings is 1. The van der Waals surface area contributed by atoms with Crippen LogP contribution in [0.4, 0.5) is 5.69 Å². The molecule has 1 heterocycles. The Labute approximate surface area is 135 Å². The van der Waals surface area contributed by atoms with Gasteiger partial charge in [-0.3, -0.25) is 4.98 Å². The van der Waals surface area contributed by atoms with E-state index in [-0.39, 0.29) is 6.04 Å². The molecule has 0 spiro atoms. The first-order valence-electron chi connectivity index (χ1n) is 6.92. The van der Waals surface area contributed by atoms with Gasteiger partial charge in [0.15, 0.2) is 16.6 Å². The van der Waals surface area contributed by atoms with Gasteiger partial charge in [0.2, 0.25) is 0 Å². The highest BCUT2D eigenvalue weighted by Gasteiger charge is 2.08. The third-order valence-corrected chi connectivity index (χ3v) is 3.09. The number of anilines is 1. The fourth-order valence-electron chi connectivity index (χ4n) is 1.82. The van der Waals surface area contributed by atoms with E-state index in [1.54, 1.807) is 19.5 Å². The summed E-state index contributed by atoms with van der Waals surface area (Å²) in [5, 5.41) is 6.81. The maximum Gasteiger partial charge on any atom is 0.171 e. The molecule has 0 fully saturated rings. The Morgan fingerprint density at radius 1 is 1.18 bits per heavy atom. The molecule has 1 atom stereocenters. The van der Waals surface area contributed by atoms with Crippen molar-refractivity contribution >= 4 is 23.0 Å². The molecule has 0 saturated carbocycles. The zero-order chi connectivity index (χ0) is 15.8. The number of ether oxygens (including phenoxy) is 2. The van der Waals surface area contributed by atoms with Crippen LogP contribution in [-0.4, -0.2) is 29.9 Å². The topological polar surface area (TPSA) is 55.4 Å². The molecule has 0 unspecified atom stereocenters. The summed E-state index contributed by atoms with van der Waals surface area (Å²) in [7, 11) is 1.62. The maximum absolute atomic E-state index is 5.76. The number of hydrogen-bond donors (Lipinski definition) is 2. The SMILES string of the molecule is COc1ccccc1OC[C@@H](C)NC(=S)Nc1ccncc1. The molecule has 2 N–H and O–H groups in total. The Morgan fingerprint density at radius 3 is 2.55 bits per heavy atom. The Hall–Kier alpha value is -2.34. The van der Waals surface area contributed by atoms with Gasteiger partial charge in [-0.25, -0.2) is 0 Å². The molecule has 1 aromatic carbocycles. The Bertz CT molecular complexity index is 607. The van der Waals surface area contributed by atoms with Crippen molar-refractivity contribution in [3.8, 4) is 11.5 Å². The summed E-state index contributed by atoms with van der Waals surface area (Å²) >= 11 is 5.27. The second kappa shape index (κ2) is 8.19. The summed E-state index contributed by atoms with van der Waals surface area (Å²) in [6, 6.07) is 11.3. The maximum atomic E-state index is 5.76. The molecule has 0 aliphatic carbocycles. The van der Waals surface area contributed by atoms with Crippen LogP contribution in [0.2, 0.25) is 0 Å². The van der Waals surface area contributed by atoms with Crippen LogP contribution < -0.4 is 20.1 Å². The lowest BCUT2D eigenvalue weighted by Crippen LogP contribution is -2.39. The summed E-state index contributed by atoms with van der Waals surface area (Å²) in [5.41, 5.74) is 0.894. The number of thiocarbonyl (C=S) groups is 1. The van der Waals surface area contributed by atoms with Crippen LogP contribution >= 0.6 is 12.2 Å². The van der Waals surface area contributed by atoms with E-state index in [1.165, 1.54) is 0 Å². The van der Waals surface area contributed by atoms with E-state index < -0.39 is 0 Å². The third-order valence-electron chi connectivity index (χ3n) is 2.87.